The lowest BCUT2D eigenvalue weighted by Gasteiger charge is -2.43. The Morgan fingerprint density at radius 1 is 1.29 bits per heavy atom. The smallest absolute Gasteiger partial charge is 0.406 e. The standard InChI is InChI=1S/C16H21F3O2/c1-11(2)14-8-3-4-9-15(14,20)12-6-5-7-13(10-12)21-16(17,18)19/h5-7,10-11,14,20H,3-4,8-9H2,1-2H3. The number of benzene rings is 1. The van der Waals surface area contributed by atoms with Crippen LogP contribution in [-0.2, 0) is 5.60 Å². The molecule has 2 rings (SSSR count). The first-order chi connectivity index (χ1) is 9.72. The van der Waals surface area contributed by atoms with Gasteiger partial charge in [0.1, 0.15) is 5.75 Å². The molecule has 0 aromatic heterocycles. The van der Waals surface area contributed by atoms with Gasteiger partial charge >= 0.3 is 6.36 Å². The predicted octanol–water partition coefficient (Wildman–Crippen LogP) is 4.62. The maximum absolute atomic E-state index is 12.3. The summed E-state index contributed by atoms with van der Waals surface area (Å²) in [5, 5.41) is 11.1. The lowest BCUT2D eigenvalue weighted by molar-refractivity contribution is -0.274. The van der Waals surface area contributed by atoms with Crippen LogP contribution in [0.3, 0.4) is 0 Å². The zero-order chi connectivity index (χ0) is 15.7. The van der Waals surface area contributed by atoms with Crippen molar-refractivity contribution in [2.75, 3.05) is 0 Å². The van der Waals surface area contributed by atoms with E-state index in [1.807, 2.05) is 13.8 Å². The van der Waals surface area contributed by atoms with Gasteiger partial charge in [-0.15, -0.1) is 13.2 Å². The van der Waals surface area contributed by atoms with Gasteiger partial charge in [0.15, 0.2) is 0 Å². The first-order valence-corrected chi connectivity index (χ1v) is 7.31. The highest BCUT2D eigenvalue weighted by Crippen LogP contribution is 2.45. The molecule has 2 unspecified atom stereocenters. The fraction of sp³-hybridized carbons (Fsp3) is 0.625. The van der Waals surface area contributed by atoms with Crippen LogP contribution in [0.5, 0.6) is 5.75 Å². The van der Waals surface area contributed by atoms with E-state index < -0.39 is 12.0 Å². The van der Waals surface area contributed by atoms with Crippen molar-refractivity contribution >= 4 is 0 Å². The number of rotatable bonds is 3. The molecule has 1 N–H and O–H groups in total. The Labute approximate surface area is 122 Å². The summed E-state index contributed by atoms with van der Waals surface area (Å²) < 4.78 is 41.0. The Kier molecular flexibility index (Phi) is 4.51. The first kappa shape index (κ1) is 16.1. The Hall–Kier alpha value is -1.23. The fourth-order valence-corrected chi connectivity index (χ4v) is 3.39. The second-order valence-corrected chi connectivity index (χ2v) is 6.10. The van der Waals surface area contributed by atoms with Gasteiger partial charge in [0.25, 0.3) is 0 Å². The number of hydrogen-bond donors (Lipinski definition) is 1. The molecule has 1 aliphatic carbocycles. The molecule has 0 bridgehead atoms. The average molecular weight is 302 g/mol. The molecule has 1 saturated carbocycles. The van der Waals surface area contributed by atoms with Crippen LogP contribution >= 0.6 is 0 Å². The molecule has 1 fully saturated rings. The number of hydrogen-bond acceptors (Lipinski definition) is 2. The Morgan fingerprint density at radius 3 is 2.62 bits per heavy atom. The van der Waals surface area contributed by atoms with Crippen LogP contribution in [-0.4, -0.2) is 11.5 Å². The molecule has 0 spiro atoms. The molecular formula is C16H21F3O2. The summed E-state index contributed by atoms with van der Waals surface area (Å²) in [6, 6.07) is 5.76. The van der Waals surface area contributed by atoms with Gasteiger partial charge in [-0.3, -0.25) is 0 Å². The third kappa shape index (κ3) is 3.70. The van der Waals surface area contributed by atoms with E-state index in [1.54, 1.807) is 6.07 Å². The highest BCUT2D eigenvalue weighted by Gasteiger charge is 2.42. The van der Waals surface area contributed by atoms with Crippen molar-refractivity contribution < 1.29 is 23.0 Å². The van der Waals surface area contributed by atoms with E-state index in [2.05, 4.69) is 4.74 Å². The van der Waals surface area contributed by atoms with Crippen LogP contribution < -0.4 is 4.74 Å². The Bertz CT molecular complexity index is 485. The largest absolute Gasteiger partial charge is 0.573 e. The second-order valence-electron chi connectivity index (χ2n) is 6.10. The Balaban J connectivity index is 2.32. The van der Waals surface area contributed by atoms with Crippen LogP contribution in [0.4, 0.5) is 13.2 Å². The summed E-state index contributed by atoms with van der Waals surface area (Å²) in [4.78, 5) is 0. The molecule has 21 heavy (non-hydrogen) atoms. The van der Waals surface area contributed by atoms with Gasteiger partial charge in [0, 0.05) is 0 Å². The van der Waals surface area contributed by atoms with Gasteiger partial charge < -0.3 is 9.84 Å². The number of ether oxygens (including phenoxy) is 1. The van der Waals surface area contributed by atoms with Crippen LogP contribution in [0.15, 0.2) is 24.3 Å². The lowest BCUT2D eigenvalue weighted by Crippen LogP contribution is -2.40. The molecule has 1 aromatic carbocycles. The van der Waals surface area contributed by atoms with Gasteiger partial charge in [-0.2, -0.15) is 0 Å². The number of aliphatic hydroxyl groups is 1. The predicted molar refractivity (Wildman–Crippen MR) is 73.8 cm³/mol. The molecule has 5 heteroatoms. The minimum absolute atomic E-state index is 0.0485. The monoisotopic (exact) mass is 302 g/mol. The summed E-state index contributed by atoms with van der Waals surface area (Å²) >= 11 is 0. The average Bonchev–Trinajstić information content (AvgIpc) is 2.37. The van der Waals surface area contributed by atoms with Gasteiger partial charge in [0.2, 0.25) is 0 Å². The van der Waals surface area contributed by atoms with Gasteiger partial charge in [-0.25, -0.2) is 0 Å². The summed E-state index contributed by atoms with van der Waals surface area (Å²) in [6.07, 6.45) is -1.33. The SMILES string of the molecule is CC(C)C1CCCCC1(O)c1cccc(OC(F)(F)F)c1. The molecule has 0 heterocycles. The van der Waals surface area contributed by atoms with E-state index in [0.717, 1.165) is 19.3 Å². The molecule has 0 radical (unpaired) electrons. The molecule has 1 aromatic rings. The quantitative estimate of drug-likeness (QED) is 0.883. The van der Waals surface area contributed by atoms with Gasteiger partial charge in [0.05, 0.1) is 5.60 Å². The highest BCUT2D eigenvalue weighted by molar-refractivity contribution is 5.33. The molecule has 1 aliphatic rings. The number of alkyl halides is 3. The minimum Gasteiger partial charge on any atom is -0.406 e. The maximum Gasteiger partial charge on any atom is 0.573 e. The first-order valence-electron chi connectivity index (χ1n) is 7.31. The minimum atomic E-state index is -4.72. The molecule has 0 aliphatic heterocycles. The molecule has 0 amide bonds. The maximum atomic E-state index is 12.3. The molecule has 2 atom stereocenters. The summed E-state index contributed by atoms with van der Waals surface area (Å²) in [5.74, 6) is 0.0383. The lowest BCUT2D eigenvalue weighted by atomic mass is 9.67. The van der Waals surface area contributed by atoms with Crippen molar-refractivity contribution in [1.82, 2.24) is 0 Å². The van der Waals surface area contributed by atoms with Crippen LogP contribution in [0, 0.1) is 11.8 Å². The van der Waals surface area contributed by atoms with Gasteiger partial charge in [-0.05, 0) is 42.4 Å². The van der Waals surface area contributed by atoms with Gasteiger partial charge in [-0.1, -0.05) is 38.8 Å². The zero-order valence-corrected chi connectivity index (χ0v) is 12.3. The third-order valence-corrected chi connectivity index (χ3v) is 4.31. The zero-order valence-electron chi connectivity index (χ0n) is 12.3. The molecule has 2 nitrogen and oxygen atoms in total. The van der Waals surface area contributed by atoms with Crippen molar-refractivity contribution in [3.8, 4) is 5.75 Å². The molecule has 0 saturated heterocycles. The third-order valence-electron chi connectivity index (χ3n) is 4.31. The summed E-state index contributed by atoms with van der Waals surface area (Å²) in [7, 11) is 0. The van der Waals surface area contributed by atoms with Crippen LogP contribution in [0.1, 0.15) is 45.1 Å². The normalized spacial score (nSPS) is 26.9. The van der Waals surface area contributed by atoms with E-state index in [4.69, 9.17) is 0 Å². The van der Waals surface area contributed by atoms with Crippen molar-refractivity contribution in [2.45, 2.75) is 51.5 Å². The van der Waals surface area contributed by atoms with Crippen molar-refractivity contribution in [3.63, 3.8) is 0 Å². The Morgan fingerprint density at radius 2 is 2.00 bits per heavy atom. The van der Waals surface area contributed by atoms with E-state index in [0.29, 0.717) is 12.0 Å². The van der Waals surface area contributed by atoms with Crippen LogP contribution in [0.25, 0.3) is 0 Å². The highest BCUT2D eigenvalue weighted by atomic mass is 19.4. The number of halogens is 3. The second kappa shape index (κ2) is 5.87. The van der Waals surface area contributed by atoms with Crippen molar-refractivity contribution in [3.05, 3.63) is 29.8 Å². The molecule has 118 valence electrons. The molecular weight excluding hydrogens is 281 g/mol. The van der Waals surface area contributed by atoms with E-state index >= 15 is 0 Å². The fourth-order valence-electron chi connectivity index (χ4n) is 3.39. The summed E-state index contributed by atoms with van der Waals surface area (Å²) in [5.41, 5.74) is -0.556. The van der Waals surface area contributed by atoms with E-state index in [1.165, 1.54) is 18.2 Å². The van der Waals surface area contributed by atoms with Crippen molar-refractivity contribution in [1.29, 1.82) is 0 Å². The van der Waals surface area contributed by atoms with E-state index in [-0.39, 0.29) is 17.6 Å². The topological polar surface area (TPSA) is 29.5 Å². The summed E-state index contributed by atoms with van der Waals surface area (Å²) in [6.45, 7) is 4.08. The van der Waals surface area contributed by atoms with E-state index in [9.17, 15) is 18.3 Å². The van der Waals surface area contributed by atoms with Crippen LogP contribution in [0.2, 0.25) is 0 Å². The van der Waals surface area contributed by atoms with Crippen molar-refractivity contribution in [2.24, 2.45) is 11.8 Å².